The second-order valence-electron chi connectivity index (χ2n) is 4.61. The van der Waals surface area contributed by atoms with Gasteiger partial charge in [-0.2, -0.15) is 11.8 Å². The van der Waals surface area contributed by atoms with Gasteiger partial charge in [0.2, 0.25) is 0 Å². The van der Waals surface area contributed by atoms with E-state index in [9.17, 15) is 4.79 Å². The van der Waals surface area contributed by atoms with Gasteiger partial charge in [0.15, 0.2) is 0 Å². The number of rotatable bonds is 3. The van der Waals surface area contributed by atoms with Gasteiger partial charge in [0.25, 0.3) is 5.91 Å². The molecule has 0 bridgehead atoms. The van der Waals surface area contributed by atoms with Crippen LogP contribution in [0.2, 0.25) is 0 Å². The van der Waals surface area contributed by atoms with Crippen molar-refractivity contribution in [2.75, 3.05) is 12.0 Å². The maximum Gasteiger partial charge on any atom is 0.251 e. The van der Waals surface area contributed by atoms with Crippen LogP contribution in [0.4, 0.5) is 5.69 Å². The zero-order valence-corrected chi connectivity index (χ0v) is 12.7. The molecule has 2 atom stereocenters. The van der Waals surface area contributed by atoms with E-state index in [4.69, 9.17) is 5.73 Å². The van der Waals surface area contributed by atoms with Crippen LogP contribution in [0.5, 0.6) is 0 Å². The van der Waals surface area contributed by atoms with E-state index in [-0.39, 0.29) is 5.91 Å². The average Bonchev–Trinajstić information content (AvgIpc) is 2.75. The summed E-state index contributed by atoms with van der Waals surface area (Å²) >= 11 is 5.24. The summed E-state index contributed by atoms with van der Waals surface area (Å²) in [6.07, 6.45) is 5.45. The van der Waals surface area contributed by atoms with E-state index >= 15 is 0 Å². The Hall–Kier alpha value is -0.680. The first-order chi connectivity index (χ1) is 8.58. The van der Waals surface area contributed by atoms with Gasteiger partial charge in [-0.3, -0.25) is 4.79 Å². The van der Waals surface area contributed by atoms with Crippen LogP contribution in [-0.2, 0) is 0 Å². The highest BCUT2D eigenvalue weighted by Crippen LogP contribution is 2.28. The lowest BCUT2D eigenvalue weighted by Gasteiger charge is -2.13. The summed E-state index contributed by atoms with van der Waals surface area (Å²) in [6, 6.07) is 5.60. The summed E-state index contributed by atoms with van der Waals surface area (Å²) in [5.41, 5.74) is 6.96. The predicted molar refractivity (Wildman–Crippen MR) is 81.0 cm³/mol. The van der Waals surface area contributed by atoms with Gasteiger partial charge in [0.05, 0.1) is 0 Å². The Labute approximate surface area is 120 Å². The van der Waals surface area contributed by atoms with E-state index in [1.807, 2.05) is 11.8 Å². The molecule has 98 valence electrons. The molecule has 5 heteroatoms. The molecule has 3 nitrogen and oxygen atoms in total. The number of carbonyl (C=O) groups is 1. The van der Waals surface area contributed by atoms with E-state index in [1.165, 1.54) is 6.42 Å². The van der Waals surface area contributed by atoms with E-state index in [1.54, 1.807) is 18.2 Å². The highest BCUT2D eigenvalue weighted by Gasteiger charge is 2.25. The number of hydrogen-bond acceptors (Lipinski definition) is 3. The molecule has 1 aromatic carbocycles. The molecule has 1 amide bonds. The molecule has 0 saturated heterocycles. The molecule has 18 heavy (non-hydrogen) atoms. The SMILES string of the molecule is CSC1CCC(NC(=O)c2cc(N)cc(Br)c2)C1. The number of nitrogen functional groups attached to an aromatic ring is 1. The van der Waals surface area contributed by atoms with Gasteiger partial charge in [-0.05, 0) is 43.7 Å². The summed E-state index contributed by atoms with van der Waals surface area (Å²) in [5.74, 6) is -0.0326. The van der Waals surface area contributed by atoms with Crippen LogP contribution in [0.3, 0.4) is 0 Å². The molecule has 1 saturated carbocycles. The third kappa shape index (κ3) is 3.42. The Kier molecular flexibility index (Phi) is 4.56. The number of halogens is 1. The van der Waals surface area contributed by atoms with Crippen LogP contribution in [0.25, 0.3) is 0 Å². The maximum absolute atomic E-state index is 12.1. The molecule has 1 aliphatic carbocycles. The van der Waals surface area contributed by atoms with Gasteiger partial charge in [-0.15, -0.1) is 0 Å². The minimum Gasteiger partial charge on any atom is -0.399 e. The van der Waals surface area contributed by atoms with Crippen LogP contribution < -0.4 is 11.1 Å². The van der Waals surface area contributed by atoms with Gasteiger partial charge in [-0.1, -0.05) is 15.9 Å². The molecule has 0 radical (unpaired) electrons. The maximum atomic E-state index is 12.1. The Balaban J connectivity index is 1.99. The van der Waals surface area contributed by atoms with Crippen molar-refractivity contribution in [3.63, 3.8) is 0 Å². The number of nitrogens with one attached hydrogen (secondary N) is 1. The summed E-state index contributed by atoms with van der Waals surface area (Å²) in [6.45, 7) is 0. The number of nitrogens with two attached hydrogens (primary N) is 1. The lowest BCUT2D eigenvalue weighted by Crippen LogP contribution is -2.33. The third-order valence-electron chi connectivity index (χ3n) is 3.24. The highest BCUT2D eigenvalue weighted by molar-refractivity contribution is 9.10. The fraction of sp³-hybridized carbons (Fsp3) is 0.462. The van der Waals surface area contributed by atoms with Crippen LogP contribution in [0.15, 0.2) is 22.7 Å². The van der Waals surface area contributed by atoms with Crippen LogP contribution in [0.1, 0.15) is 29.6 Å². The average molecular weight is 329 g/mol. The van der Waals surface area contributed by atoms with Gasteiger partial charge < -0.3 is 11.1 Å². The van der Waals surface area contributed by atoms with Crippen molar-refractivity contribution in [3.8, 4) is 0 Å². The summed E-state index contributed by atoms with van der Waals surface area (Å²) in [5, 5.41) is 3.77. The molecule has 0 aliphatic heterocycles. The van der Waals surface area contributed by atoms with Crippen LogP contribution in [0, 0.1) is 0 Å². The first-order valence-electron chi connectivity index (χ1n) is 5.98. The molecule has 0 heterocycles. The Morgan fingerprint density at radius 1 is 1.44 bits per heavy atom. The van der Waals surface area contributed by atoms with Gasteiger partial charge in [0, 0.05) is 27.0 Å². The third-order valence-corrected chi connectivity index (χ3v) is 4.79. The van der Waals surface area contributed by atoms with Crippen molar-refractivity contribution in [1.82, 2.24) is 5.32 Å². The van der Waals surface area contributed by atoms with E-state index in [2.05, 4.69) is 27.5 Å². The largest absolute Gasteiger partial charge is 0.399 e. The molecule has 0 spiro atoms. The summed E-state index contributed by atoms with van der Waals surface area (Å²) in [4.78, 5) is 12.1. The van der Waals surface area contributed by atoms with Crippen LogP contribution in [-0.4, -0.2) is 23.5 Å². The van der Waals surface area contributed by atoms with E-state index in [0.717, 1.165) is 17.3 Å². The monoisotopic (exact) mass is 328 g/mol. The summed E-state index contributed by atoms with van der Waals surface area (Å²) < 4.78 is 0.834. The number of thioether (sulfide) groups is 1. The lowest BCUT2D eigenvalue weighted by atomic mass is 10.1. The second kappa shape index (κ2) is 5.97. The van der Waals surface area contributed by atoms with Crippen molar-refractivity contribution >= 4 is 39.3 Å². The Bertz CT molecular complexity index is 432. The zero-order chi connectivity index (χ0) is 13.1. The lowest BCUT2D eigenvalue weighted by molar-refractivity contribution is 0.0938. The van der Waals surface area contributed by atoms with Crippen molar-refractivity contribution in [3.05, 3.63) is 28.2 Å². The van der Waals surface area contributed by atoms with Crippen molar-refractivity contribution in [2.24, 2.45) is 0 Å². The van der Waals surface area contributed by atoms with Gasteiger partial charge >= 0.3 is 0 Å². The van der Waals surface area contributed by atoms with Crippen molar-refractivity contribution in [2.45, 2.75) is 30.6 Å². The fourth-order valence-electron chi connectivity index (χ4n) is 2.30. The molecular formula is C13H17BrN2OS. The van der Waals surface area contributed by atoms with E-state index < -0.39 is 0 Å². The first kappa shape index (κ1) is 13.7. The quantitative estimate of drug-likeness (QED) is 0.838. The fourth-order valence-corrected chi connectivity index (χ4v) is 3.60. The van der Waals surface area contributed by atoms with Crippen molar-refractivity contribution < 1.29 is 4.79 Å². The molecule has 1 aromatic rings. The Morgan fingerprint density at radius 3 is 2.83 bits per heavy atom. The number of benzene rings is 1. The summed E-state index contributed by atoms with van der Waals surface area (Å²) in [7, 11) is 0. The zero-order valence-electron chi connectivity index (χ0n) is 10.3. The predicted octanol–water partition coefficient (Wildman–Crippen LogP) is 3.05. The number of anilines is 1. The highest BCUT2D eigenvalue weighted by atomic mass is 79.9. The molecule has 1 aliphatic rings. The Morgan fingerprint density at radius 2 is 2.22 bits per heavy atom. The molecule has 3 N–H and O–H groups in total. The first-order valence-corrected chi connectivity index (χ1v) is 8.06. The van der Waals surface area contributed by atoms with Gasteiger partial charge in [-0.25, -0.2) is 0 Å². The second-order valence-corrected chi connectivity index (χ2v) is 6.67. The van der Waals surface area contributed by atoms with E-state index in [0.29, 0.717) is 22.5 Å². The van der Waals surface area contributed by atoms with Crippen LogP contribution >= 0.6 is 27.7 Å². The molecule has 2 unspecified atom stereocenters. The molecule has 0 aromatic heterocycles. The molecule has 2 rings (SSSR count). The minimum atomic E-state index is -0.0326. The number of carbonyl (C=O) groups excluding carboxylic acids is 1. The topological polar surface area (TPSA) is 55.1 Å². The number of amides is 1. The standard InChI is InChI=1S/C13H17BrN2OS/c1-18-12-3-2-11(7-12)16-13(17)8-4-9(14)6-10(15)5-8/h4-6,11-12H,2-3,7,15H2,1H3,(H,16,17). The minimum absolute atomic E-state index is 0.0326. The number of hydrogen-bond donors (Lipinski definition) is 2. The smallest absolute Gasteiger partial charge is 0.251 e. The normalized spacial score (nSPS) is 23.0. The van der Waals surface area contributed by atoms with Gasteiger partial charge in [0.1, 0.15) is 0 Å². The molecular weight excluding hydrogens is 312 g/mol. The van der Waals surface area contributed by atoms with Crippen molar-refractivity contribution in [1.29, 1.82) is 0 Å². The molecule has 1 fully saturated rings.